The van der Waals surface area contributed by atoms with E-state index in [0.717, 1.165) is 22.4 Å². The van der Waals surface area contributed by atoms with Crippen LogP contribution in [0, 0.1) is 0 Å². The second-order valence-corrected chi connectivity index (χ2v) is 16.5. The second kappa shape index (κ2) is 12.8. The number of thiophene rings is 2. The van der Waals surface area contributed by atoms with Crippen molar-refractivity contribution in [2.24, 2.45) is 0 Å². The van der Waals surface area contributed by atoms with Gasteiger partial charge in [0.2, 0.25) is 0 Å². The lowest BCUT2D eigenvalue weighted by Gasteiger charge is -2.11. The Morgan fingerprint density at radius 3 is 1.74 bits per heavy atom. The standard InChI is InChI=1S/C51H30N4S2/c1-3-13-31(14-4-1)49-52-50(54-51(53-49)42-22-12-21-41-37-18-8-10-24-44(37)57-48(41)42)33-26-28-39-38-27-25-32(29-45(38)56-46(39)30-33)35-19-11-20-40-36-17-7-9-23-43(36)55(47(35)40)34-15-5-2-6-16-34/h1-30H. The van der Waals surface area contributed by atoms with E-state index in [4.69, 9.17) is 15.0 Å². The zero-order valence-corrected chi connectivity index (χ0v) is 32.1. The zero-order valence-electron chi connectivity index (χ0n) is 30.4. The Kier molecular flexibility index (Phi) is 7.24. The van der Waals surface area contributed by atoms with Gasteiger partial charge in [-0.1, -0.05) is 140 Å². The molecule has 8 aromatic carbocycles. The normalized spacial score (nSPS) is 11.9. The lowest BCUT2D eigenvalue weighted by atomic mass is 10.0. The third-order valence-corrected chi connectivity index (χ3v) is 13.4. The number of hydrogen-bond acceptors (Lipinski definition) is 5. The SMILES string of the molecule is c1ccc(-c2nc(-c3ccc4c(c3)sc3cc(-c5cccc6c7ccccc7n(-c7ccccc7)c56)ccc34)nc(-c3cccc4c3sc3ccccc34)n2)cc1. The first-order valence-corrected chi connectivity index (χ1v) is 20.7. The molecule has 0 amide bonds. The fourth-order valence-corrected chi connectivity index (χ4v) is 10.8. The highest BCUT2D eigenvalue weighted by Crippen LogP contribution is 2.43. The molecule has 0 radical (unpaired) electrons. The van der Waals surface area contributed by atoms with Crippen molar-refractivity contribution in [1.29, 1.82) is 0 Å². The summed E-state index contributed by atoms with van der Waals surface area (Å²) in [6.45, 7) is 0. The Bertz CT molecular complexity index is 3530. The lowest BCUT2D eigenvalue weighted by molar-refractivity contribution is 1.08. The highest BCUT2D eigenvalue weighted by molar-refractivity contribution is 7.26. The summed E-state index contributed by atoms with van der Waals surface area (Å²) in [5.74, 6) is 2.01. The molecule has 4 aromatic heterocycles. The van der Waals surface area contributed by atoms with Gasteiger partial charge in [0.15, 0.2) is 17.5 Å². The summed E-state index contributed by atoms with van der Waals surface area (Å²) in [5, 5.41) is 7.47. The molecule has 266 valence electrons. The van der Waals surface area contributed by atoms with Crippen LogP contribution in [-0.4, -0.2) is 19.5 Å². The third kappa shape index (κ3) is 5.15. The molecule has 0 saturated carbocycles. The smallest absolute Gasteiger partial charge is 0.165 e. The highest BCUT2D eigenvalue weighted by Gasteiger charge is 2.19. The molecule has 4 heterocycles. The quantitative estimate of drug-likeness (QED) is 0.175. The summed E-state index contributed by atoms with van der Waals surface area (Å²) in [6, 6.07) is 64.9. The van der Waals surface area contributed by atoms with Crippen LogP contribution in [0.2, 0.25) is 0 Å². The summed E-state index contributed by atoms with van der Waals surface area (Å²) in [5.41, 5.74) is 8.95. The minimum atomic E-state index is 0.664. The average molecular weight is 763 g/mol. The first-order chi connectivity index (χ1) is 28.2. The number of rotatable bonds is 5. The third-order valence-electron chi connectivity index (χ3n) is 11.1. The van der Waals surface area contributed by atoms with Crippen molar-refractivity contribution >= 4 is 84.8 Å². The molecular formula is C51H30N4S2. The van der Waals surface area contributed by atoms with Gasteiger partial charge in [0.1, 0.15) is 0 Å². The van der Waals surface area contributed by atoms with Crippen molar-refractivity contribution in [2.45, 2.75) is 0 Å². The van der Waals surface area contributed by atoms with Gasteiger partial charge >= 0.3 is 0 Å². The fourth-order valence-electron chi connectivity index (χ4n) is 8.45. The van der Waals surface area contributed by atoms with Crippen molar-refractivity contribution in [2.75, 3.05) is 0 Å². The van der Waals surface area contributed by atoms with Crippen molar-refractivity contribution in [1.82, 2.24) is 19.5 Å². The van der Waals surface area contributed by atoms with Crippen LogP contribution >= 0.6 is 22.7 Å². The maximum Gasteiger partial charge on any atom is 0.165 e. The summed E-state index contributed by atoms with van der Waals surface area (Å²) >= 11 is 3.61. The number of benzene rings is 8. The monoisotopic (exact) mass is 762 g/mol. The number of hydrogen-bond donors (Lipinski definition) is 0. The molecule has 0 fully saturated rings. The van der Waals surface area contributed by atoms with E-state index in [-0.39, 0.29) is 0 Å². The molecule has 12 rings (SSSR count). The molecule has 4 nitrogen and oxygen atoms in total. The van der Waals surface area contributed by atoms with E-state index in [1.807, 2.05) is 29.5 Å². The molecule has 0 bridgehead atoms. The Labute approximate surface area is 335 Å². The molecule has 0 N–H and O–H groups in total. The van der Waals surface area contributed by atoms with Crippen molar-refractivity contribution < 1.29 is 0 Å². The van der Waals surface area contributed by atoms with Crippen LogP contribution in [0.15, 0.2) is 182 Å². The van der Waals surface area contributed by atoms with E-state index in [2.05, 4.69) is 168 Å². The van der Waals surface area contributed by atoms with E-state index in [1.165, 1.54) is 73.3 Å². The first kappa shape index (κ1) is 32.3. The van der Waals surface area contributed by atoms with Crippen LogP contribution in [0.5, 0.6) is 0 Å². The minimum absolute atomic E-state index is 0.664. The van der Waals surface area contributed by atoms with Crippen LogP contribution in [0.4, 0.5) is 0 Å². The van der Waals surface area contributed by atoms with Gasteiger partial charge in [-0.25, -0.2) is 15.0 Å². The van der Waals surface area contributed by atoms with Crippen LogP contribution in [0.1, 0.15) is 0 Å². The number of aromatic nitrogens is 4. The van der Waals surface area contributed by atoms with Crippen LogP contribution in [0.3, 0.4) is 0 Å². The first-order valence-electron chi connectivity index (χ1n) is 19.0. The van der Waals surface area contributed by atoms with E-state index >= 15 is 0 Å². The van der Waals surface area contributed by atoms with Crippen molar-refractivity contribution in [3.8, 4) is 51.0 Å². The molecule has 57 heavy (non-hydrogen) atoms. The van der Waals surface area contributed by atoms with Gasteiger partial charge in [-0.2, -0.15) is 0 Å². The van der Waals surface area contributed by atoms with Crippen LogP contribution < -0.4 is 0 Å². The predicted molar refractivity (Wildman–Crippen MR) is 242 cm³/mol. The van der Waals surface area contributed by atoms with Crippen LogP contribution in [-0.2, 0) is 0 Å². The number of nitrogens with zero attached hydrogens (tertiary/aromatic N) is 4. The van der Waals surface area contributed by atoms with E-state index < -0.39 is 0 Å². The minimum Gasteiger partial charge on any atom is -0.309 e. The van der Waals surface area contributed by atoms with Crippen molar-refractivity contribution in [3.63, 3.8) is 0 Å². The molecule has 0 spiro atoms. The molecule has 0 atom stereocenters. The number of fused-ring (bicyclic) bond motifs is 9. The van der Waals surface area contributed by atoms with Gasteiger partial charge in [0.25, 0.3) is 0 Å². The van der Waals surface area contributed by atoms with E-state index in [1.54, 1.807) is 11.3 Å². The molecule has 0 unspecified atom stereocenters. The average Bonchev–Trinajstić information content (AvgIpc) is 3.96. The van der Waals surface area contributed by atoms with Gasteiger partial charge in [-0.15, -0.1) is 22.7 Å². The summed E-state index contributed by atoms with van der Waals surface area (Å²) in [7, 11) is 0. The lowest BCUT2D eigenvalue weighted by Crippen LogP contribution is -2.00. The van der Waals surface area contributed by atoms with Crippen molar-refractivity contribution in [3.05, 3.63) is 182 Å². The van der Waals surface area contributed by atoms with E-state index in [0.29, 0.717) is 17.5 Å². The molecule has 0 aliphatic heterocycles. The fraction of sp³-hybridized carbons (Fsp3) is 0. The summed E-state index contributed by atoms with van der Waals surface area (Å²) < 4.78 is 7.30. The van der Waals surface area contributed by atoms with Gasteiger partial charge in [0, 0.05) is 79.1 Å². The van der Waals surface area contributed by atoms with Gasteiger partial charge in [-0.3, -0.25) is 0 Å². The molecule has 6 heteroatoms. The van der Waals surface area contributed by atoms with Gasteiger partial charge in [-0.05, 0) is 48.0 Å². The highest BCUT2D eigenvalue weighted by atomic mass is 32.1. The molecule has 0 aliphatic rings. The Morgan fingerprint density at radius 1 is 0.351 bits per heavy atom. The molecule has 0 aliphatic carbocycles. The summed E-state index contributed by atoms with van der Waals surface area (Å²) in [4.78, 5) is 15.4. The second-order valence-electron chi connectivity index (χ2n) is 14.4. The topological polar surface area (TPSA) is 43.6 Å². The van der Waals surface area contributed by atoms with Gasteiger partial charge in [0.05, 0.1) is 11.0 Å². The molecule has 0 saturated heterocycles. The molecule has 12 aromatic rings. The zero-order chi connectivity index (χ0) is 37.5. The summed E-state index contributed by atoms with van der Waals surface area (Å²) in [6.07, 6.45) is 0. The Hall–Kier alpha value is -6.99. The molecular weight excluding hydrogens is 733 g/mol. The Balaban J connectivity index is 1.01. The maximum atomic E-state index is 5.20. The van der Waals surface area contributed by atoms with Gasteiger partial charge < -0.3 is 4.57 Å². The predicted octanol–water partition coefficient (Wildman–Crippen LogP) is 14.4. The largest absolute Gasteiger partial charge is 0.309 e. The van der Waals surface area contributed by atoms with Crippen LogP contribution in [0.25, 0.3) is 113 Å². The number of para-hydroxylation sites is 3. The Morgan fingerprint density at radius 2 is 0.930 bits per heavy atom. The maximum absolute atomic E-state index is 5.20. The van der Waals surface area contributed by atoms with E-state index in [9.17, 15) is 0 Å².